The summed E-state index contributed by atoms with van der Waals surface area (Å²) in [7, 11) is 2.15. The molecule has 0 amide bonds. The van der Waals surface area contributed by atoms with E-state index in [1.807, 2.05) is 6.33 Å². The van der Waals surface area contributed by atoms with E-state index in [0.29, 0.717) is 12.0 Å². The largest absolute Gasteiger partial charge is 0.381 e. The lowest BCUT2D eigenvalue weighted by molar-refractivity contribution is 0.0407. The van der Waals surface area contributed by atoms with Gasteiger partial charge in [0.25, 0.3) is 0 Å². The summed E-state index contributed by atoms with van der Waals surface area (Å²) in [5, 5.41) is 8.22. The molecule has 0 bridgehead atoms. The number of hydrogen-bond donors (Lipinski definition) is 0. The van der Waals surface area contributed by atoms with Crippen molar-refractivity contribution < 1.29 is 4.74 Å². The summed E-state index contributed by atoms with van der Waals surface area (Å²) in [6.45, 7) is 8.08. The van der Waals surface area contributed by atoms with Gasteiger partial charge in [-0.2, -0.15) is 0 Å². The fourth-order valence-electron chi connectivity index (χ4n) is 2.51. The number of nitrogens with zero attached hydrogens (tertiary/aromatic N) is 4. The van der Waals surface area contributed by atoms with Gasteiger partial charge in [0.15, 0.2) is 0 Å². The summed E-state index contributed by atoms with van der Waals surface area (Å²) in [6.07, 6.45) is 4.29. The normalized spacial score (nSPS) is 20.8. The van der Waals surface area contributed by atoms with Gasteiger partial charge >= 0.3 is 0 Å². The van der Waals surface area contributed by atoms with Gasteiger partial charge in [-0.15, -0.1) is 10.2 Å². The first-order chi connectivity index (χ1) is 8.66. The van der Waals surface area contributed by atoms with E-state index in [0.717, 1.165) is 32.1 Å². The van der Waals surface area contributed by atoms with Crippen molar-refractivity contribution in [1.82, 2.24) is 19.7 Å². The van der Waals surface area contributed by atoms with Crippen LogP contribution in [0.1, 0.15) is 38.6 Å². The van der Waals surface area contributed by atoms with Crippen LogP contribution < -0.4 is 0 Å². The van der Waals surface area contributed by atoms with Gasteiger partial charge in [0.2, 0.25) is 0 Å². The lowest BCUT2D eigenvalue weighted by atomic mass is 10.0. The van der Waals surface area contributed by atoms with Gasteiger partial charge in [0.1, 0.15) is 12.2 Å². The summed E-state index contributed by atoms with van der Waals surface area (Å²) in [6, 6.07) is 0.418. The Morgan fingerprint density at radius 1 is 1.56 bits per heavy atom. The maximum atomic E-state index is 5.52. The molecule has 1 saturated heterocycles. The monoisotopic (exact) mass is 252 g/mol. The van der Waals surface area contributed by atoms with Crippen molar-refractivity contribution in [2.45, 2.75) is 39.3 Å². The minimum Gasteiger partial charge on any atom is -0.381 e. The summed E-state index contributed by atoms with van der Waals surface area (Å²) in [5.74, 6) is 1.71. The second kappa shape index (κ2) is 6.29. The molecule has 5 nitrogen and oxygen atoms in total. The predicted octanol–water partition coefficient (Wildman–Crippen LogP) is 1.72. The zero-order valence-electron chi connectivity index (χ0n) is 11.7. The van der Waals surface area contributed by atoms with Crippen molar-refractivity contribution in [1.29, 1.82) is 0 Å². The Balaban J connectivity index is 1.86. The van der Waals surface area contributed by atoms with Gasteiger partial charge in [0, 0.05) is 19.2 Å². The molecule has 1 atom stereocenters. The average molecular weight is 252 g/mol. The van der Waals surface area contributed by atoms with E-state index in [-0.39, 0.29) is 0 Å². The third-order valence-corrected chi connectivity index (χ3v) is 3.44. The Bertz CT molecular complexity index is 358. The minimum atomic E-state index is 0.418. The quantitative estimate of drug-likeness (QED) is 0.800. The zero-order chi connectivity index (χ0) is 13.0. The molecule has 18 heavy (non-hydrogen) atoms. The van der Waals surface area contributed by atoms with E-state index in [1.54, 1.807) is 0 Å². The van der Waals surface area contributed by atoms with Gasteiger partial charge in [-0.3, -0.25) is 4.90 Å². The molecular formula is C13H24N4O. The molecule has 1 aliphatic rings. The highest BCUT2D eigenvalue weighted by Crippen LogP contribution is 2.15. The van der Waals surface area contributed by atoms with Gasteiger partial charge in [-0.25, -0.2) is 0 Å². The van der Waals surface area contributed by atoms with Crippen molar-refractivity contribution in [3.05, 3.63) is 12.2 Å². The van der Waals surface area contributed by atoms with Crippen LogP contribution in [0.4, 0.5) is 0 Å². The maximum absolute atomic E-state index is 5.52. The SMILES string of the molecule is CC(C)n1cnnc1CN(C)C[C@@H]1CCCOC1. The van der Waals surface area contributed by atoms with Crippen LogP contribution in [0.25, 0.3) is 0 Å². The molecule has 0 radical (unpaired) electrons. The number of ether oxygens (including phenoxy) is 1. The fraction of sp³-hybridized carbons (Fsp3) is 0.846. The van der Waals surface area contributed by atoms with E-state index in [4.69, 9.17) is 4.74 Å². The van der Waals surface area contributed by atoms with Crippen molar-refractivity contribution >= 4 is 0 Å². The molecule has 1 aromatic heterocycles. The van der Waals surface area contributed by atoms with Crippen molar-refractivity contribution in [3.63, 3.8) is 0 Å². The molecule has 1 fully saturated rings. The fourth-order valence-corrected chi connectivity index (χ4v) is 2.51. The Hall–Kier alpha value is -0.940. The summed E-state index contributed by atoms with van der Waals surface area (Å²) >= 11 is 0. The molecule has 0 spiro atoms. The maximum Gasteiger partial charge on any atom is 0.147 e. The van der Waals surface area contributed by atoms with Gasteiger partial charge in [-0.05, 0) is 39.7 Å². The van der Waals surface area contributed by atoms with Crippen molar-refractivity contribution in [3.8, 4) is 0 Å². The van der Waals surface area contributed by atoms with Crippen LogP contribution in [0.2, 0.25) is 0 Å². The van der Waals surface area contributed by atoms with E-state index in [1.165, 1.54) is 12.8 Å². The first-order valence-electron chi connectivity index (χ1n) is 6.81. The lowest BCUT2D eigenvalue weighted by Gasteiger charge is -2.27. The van der Waals surface area contributed by atoms with Crippen molar-refractivity contribution in [2.24, 2.45) is 5.92 Å². The molecule has 0 aliphatic carbocycles. The Labute approximate surface area is 109 Å². The van der Waals surface area contributed by atoms with E-state index in [9.17, 15) is 0 Å². The highest BCUT2D eigenvalue weighted by molar-refractivity contribution is 4.88. The molecule has 0 saturated carbocycles. The van der Waals surface area contributed by atoms with Gasteiger partial charge in [-0.1, -0.05) is 0 Å². The molecule has 2 heterocycles. The first-order valence-corrected chi connectivity index (χ1v) is 6.81. The Morgan fingerprint density at radius 2 is 2.39 bits per heavy atom. The topological polar surface area (TPSA) is 43.2 Å². The highest BCUT2D eigenvalue weighted by Gasteiger charge is 2.17. The van der Waals surface area contributed by atoms with Gasteiger partial charge < -0.3 is 9.30 Å². The zero-order valence-corrected chi connectivity index (χ0v) is 11.7. The van der Waals surface area contributed by atoms with E-state index in [2.05, 4.69) is 40.6 Å². The smallest absolute Gasteiger partial charge is 0.147 e. The van der Waals surface area contributed by atoms with Gasteiger partial charge in [0.05, 0.1) is 13.2 Å². The van der Waals surface area contributed by atoms with Crippen LogP contribution >= 0.6 is 0 Å². The third-order valence-electron chi connectivity index (χ3n) is 3.44. The highest BCUT2D eigenvalue weighted by atomic mass is 16.5. The standard InChI is InChI=1S/C13H24N4O/c1-11(2)17-10-14-15-13(17)8-16(3)7-12-5-4-6-18-9-12/h10-12H,4-9H2,1-3H3/t12-/m0/s1. The van der Waals surface area contributed by atoms with E-state index < -0.39 is 0 Å². The lowest BCUT2D eigenvalue weighted by Crippen LogP contribution is -2.31. The van der Waals surface area contributed by atoms with Crippen LogP contribution in [0.5, 0.6) is 0 Å². The number of hydrogen-bond acceptors (Lipinski definition) is 4. The second-order valence-electron chi connectivity index (χ2n) is 5.53. The minimum absolute atomic E-state index is 0.418. The summed E-state index contributed by atoms with van der Waals surface area (Å²) < 4.78 is 7.65. The third kappa shape index (κ3) is 3.53. The molecule has 2 rings (SSSR count). The van der Waals surface area contributed by atoms with Crippen LogP contribution in [0.15, 0.2) is 6.33 Å². The van der Waals surface area contributed by atoms with Crippen LogP contribution in [0, 0.1) is 5.92 Å². The molecule has 1 aliphatic heterocycles. The molecular weight excluding hydrogens is 228 g/mol. The molecule has 5 heteroatoms. The summed E-state index contributed by atoms with van der Waals surface area (Å²) in [5.41, 5.74) is 0. The van der Waals surface area contributed by atoms with Crippen LogP contribution in [-0.4, -0.2) is 46.5 Å². The average Bonchev–Trinajstić information content (AvgIpc) is 2.78. The Morgan fingerprint density at radius 3 is 3.06 bits per heavy atom. The molecule has 0 unspecified atom stereocenters. The Kier molecular flexibility index (Phi) is 4.72. The van der Waals surface area contributed by atoms with Crippen LogP contribution in [0.3, 0.4) is 0 Å². The first kappa shape index (κ1) is 13.5. The predicted molar refractivity (Wildman–Crippen MR) is 70.3 cm³/mol. The van der Waals surface area contributed by atoms with Crippen LogP contribution in [-0.2, 0) is 11.3 Å². The van der Waals surface area contributed by atoms with Crippen molar-refractivity contribution in [2.75, 3.05) is 26.8 Å². The van der Waals surface area contributed by atoms with E-state index >= 15 is 0 Å². The second-order valence-corrected chi connectivity index (χ2v) is 5.53. The molecule has 1 aromatic rings. The molecule has 0 aromatic carbocycles. The molecule has 102 valence electrons. The molecule has 0 N–H and O–H groups in total. The summed E-state index contributed by atoms with van der Waals surface area (Å²) in [4.78, 5) is 2.32. The number of rotatable bonds is 5. The number of aromatic nitrogens is 3.